The zero-order chi connectivity index (χ0) is 13.3. The normalized spacial score (nSPS) is 10.4. The van der Waals surface area contributed by atoms with Gasteiger partial charge < -0.3 is 10.0 Å². The summed E-state index contributed by atoms with van der Waals surface area (Å²) in [6.45, 7) is 1.84. The highest BCUT2D eigenvalue weighted by Crippen LogP contribution is 2.19. The number of hydrogen-bond donors (Lipinski definition) is 1. The fourth-order valence-corrected chi connectivity index (χ4v) is 1.78. The van der Waals surface area contributed by atoms with Gasteiger partial charge >= 0.3 is 0 Å². The molecule has 0 spiro atoms. The van der Waals surface area contributed by atoms with Gasteiger partial charge in [-0.05, 0) is 37.3 Å². The first-order valence-electron chi connectivity index (χ1n) is 5.57. The zero-order valence-corrected chi connectivity index (χ0v) is 10.6. The summed E-state index contributed by atoms with van der Waals surface area (Å²) in [7, 11) is 3.43. The molecule has 0 aliphatic carbocycles. The van der Waals surface area contributed by atoms with Crippen molar-refractivity contribution in [3.05, 3.63) is 41.7 Å². The number of aryl methyl sites for hydroxylation is 2. The third kappa shape index (κ3) is 2.20. The number of phenols is 1. The quantitative estimate of drug-likeness (QED) is 0.876. The number of phenolic OH excluding ortho intramolecular Hbond substituents is 1. The van der Waals surface area contributed by atoms with Gasteiger partial charge in [0.1, 0.15) is 11.4 Å². The Kier molecular flexibility index (Phi) is 3.06. The number of benzene rings is 1. The SMILES string of the molecule is Cc1cc(C(=O)N(C)c2ccc(O)cc2)n(C)n1. The minimum atomic E-state index is -0.135. The summed E-state index contributed by atoms with van der Waals surface area (Å²) in [5.74, 6) is 0.0415. The predicted octanol–water partition coefficient (Wildman–Crippen LogP) is 1.71. The first kappa shape index (κ1) is 12.2. The number of nitrogens with zero attached hydrogens (tertiary/aromatic N) is 3. The third-order valence-corrected chi connectivity index (χ3v) is 2.76. The topological polar surface area (TPSA) is 58.4 Å². The van der Waals surface area contributed by atoms with Gasteiger partial charge in [-0.25, -0.2) is 0 Å². The van der Waals surface area contributed by atoms with Crippen LogP contribution in [0.1, 0.15) is 16.2 Å². The molecule has 2 aromatic rings. The Balaban J connectivity index is 2.29. The number of amides is 1. The summed E-state index contributed by atoms with van der Waals surface area (Å²) < 4.78 is 1.56. The molecule has 94 valence electrons. The highest BCUT2D eigenvalue weighted by atomic mass is 16.3. The van der Waals surface area contributed by atoms with Crippen LogP contribution in [-0.2, 0) is 7.05 Å². The lowest BCUT2D eigenvalue weighted by Crippen LogP contribution is -2.28. The van der Waals surface area contributed by atoms with Gasteiger partial charge in [0, 0.05) is 19.8 Å². The van der Waals surface area contributed by atoms with E-state index in [4.69, 9.17) is 0 Å². The van der Waals surface area contributed by atoms with Crippen molar-refractivity contribution in [3.63, 3.8) is 0 Å². The highest BCUT2D eigenvalue weighted by Gasteiger charge is 2.17. The molecule has 0 saturated carbocycles. The second-order valence-electron chi connectivity index (χ2n) is 4.18. The van der Waals surface area contributed by atoms with E-state index in [-0.39, 0.29) is 11.7 Å². The molecule has 5 nitrogen and oxygen atoms in total. The minimum absolute atomic E-state index is 0.135. The Morgan fingerprint density at radius 1 is 1.33 bits per heavy atom. The molecular weight excluding hydrogens is 230 g/mol. The van der Waals surface area contributed by atoms with E-state index in [1.807, 2.05) is 6.92 Å². The molecule has 1 heterocycles. The number of hydrogen-bond acceptors (Lipinski definition) is 3. The lowest BCUT2D eigenvalue weighted by molar-refractivity contribution is 0.0984. The summed E-state index contributed by atoms with van der Waals surface area (Å²) >= 11 is 0. The molecule has 18 heavy (non-hydrogen) atoms. The Bertz CT molecular complexity index is 572. The van der Waals surface area contributed by atoms with Crippen LogP contribution in [0, 0.1) is 6.92 Å². The molecule has 0 saturated heterocycles. The lowest BCUT2D eigenvalue weighted by Gasteiger charge is -2.17. The van der Waals surface area contributed by atoms with Crippen molar-refractivity contribution in [3.8, 4) is 5.75 Å². The van der Waals surface area contributed by atoms with Crippen LogP contribution in [0.4, 0.5) is 5.69 Å². The van der Waals surface area contributed by atoms with Crippen molar-refractivity contribution in [1.82, 2.24) is 9.78 Å². The van der Waals surface area contributed by atoms with E-state index < -0.39 is 0 Å². The second kappa shape index (κ2) is 4.52. The first-order chi connectivity index (χ1) is 8.49. The van der Waals surface area contributed by atoms with Gasteiger partial charge in [-0.3, -0.25) is 9.48 Å². The van der Waals surface area contributed by atoms with E-state index in [0.29, 0.717) is 5.69 Å². The average Bonchev–Trinajstić information content (AvgIpc) is 2.67. The van der Waals surface area contributed by atoms with Crippen molar-refractivity contribution in [2.75, 3.05) is 11.9 Å². The fraction of sp³-hybridized carbons (Fsp3) is 0.231. The van der Waals surface area contributed by atoms with E-state index >= 15 is 0 Å². The lowest BCUT2D eigenvalue weighted by atomic mass is 10.2. The second-order valence-corrected chi connectivity index (χ2v) is 4.18. The zero-order valence-electron chi connectivity index (χ0n) is 10.6. The van der Waals surface area contributed by atoms with Crippen molar-refractivity contribution in [1.29, 1.82) is 0 Å². The van der Waals surface area contributed by atoms with Crippen LogP contribution >= 0.6 is 0 Å². The molecule has 0 radical (unpaired) electrons. The van der Waals surface area contributed by atoms with Gasteiger partial charge in [0.15, 0.2) is 0 Å². The van der Waals surface area contributed by atoms with Gasteiger partial charge in [0.05, 0.1) is 5.69 Å². The molecule has 2 rings (SSSR count). The molecule has 1 aromatic heterocycles. The fourth-order valence-electron chi connectivity index (χ4n) is 1.78. The number of aromatic hydroxyl groups is 1. The molecule has 1 aromatic carbocycles. The average molecular weight is 245 g/mol. The number of carbonyl (C=O) groups is 1. The molecular formula is C13H15N3O2. The molecule has 0 bridgehead atoms. The third-order valence-electron chi connectivity index (χ3n) is 2.76. The Morgan fingerprint density at radius 2 is 1.94 bits per heavy atom. The standard InChI is InChI=1S/C13H15N3O2/c1-9-8-12(16(3)14-9)13(18)15(2)10-4-6-11(17)7-5-10/h4-8,17H,1-3H3. The Labute approximate surface area is 105 Å². The minimum Gasteiger partial charge on any atom is -0.508 e. The number of anilines is 1. The van der Waals surface area contributed by atoms with E-state index in [2.05, 4.69) is 5.10 Å². The number of carbonyl (C=O) groups excluding carboxylic acids is 1. The predicted molar refractivity (Wildman–Crippen MR) is 68.8 cm³/mol. The van der Waals surface area contributed by atoms with Crippen molar-refractivity contribution in [2.45, 2.75) is 6.92 Å². The molecule has 5 heteroatoms. The van der Waals surface area contributed by atoms with Crippen LogP contribution in [0.5, 0.6) is 5.75 Å². The summed E-state index contributed by atoms with van der Waals surface area (Å²) in [5, 5.41) is 13.4. The Morgan fingerprint density at radius 3 is 2.44 bits per heavy atom. The monoisotopic (exact) mass is 245 g/mol. The van der Waals surface area contributed by atoms with Gasteiger partial charge in [-0.15, -0.1) is 0 Å². The van der Waals surface area contributed by atoms with Crippen LogP contribution in [0.2, 0.25) is 0 Å². The van der Waals surface area contributed by atoms with Crippen molar-refractivity contribution < 1.29 is 9.90 Å². The molecule has 1 N–H and O–H groups in total. The molecule has 0 fully saturated rings. The van der Waals surface area contributed by atoms with Gasteiger partial charge in [0.25, 0.3) is 5.91 Å². The molecule has 0 aliphatic rings. The van der Waals surface area contributed by atoms with Crippen LogP contribution in [-0.4, -0.2) is 27.8 Å². The summed E-state index contributed by atoms with van der Waals surface area (Å²) in [6.07, 6.45) is 0. The maximum Gasteiger partial charge on any atom is 0.276 e. The van der Waals surface area contributed by atoms with Crippen LogP contribution in [0.3, 0.4) is 0 Å². The van der Waals surface area contributed by atoms with Gasteiger partial charge in [0.2, 0.25) is 0 Å². The van der Waals surface area contributed by atoms with Gasteiger partial charge in [-0.1, -0.05) is 0 Å². The first-order valence-corrected chi connectivity index (χ1v) is 5.57. The highest BCUT2D eigenvalue weighted by molar-refractivity contribution is 6.04. The maximum atomic E-state index is 12.3. The summed E-state index contributed by atoms with van der Waals surface area (Å²) in [5.41, 5.74) is 2.06. The van der Waals surface area contributed by atoms with Crippen LogP contribution in [0.25, 0.3) is 0 Å². The van der Waals surface area contributed by atoms with Crippen molar-refractivity contribution in [2.24, 2.45) is 7.05 Å². The Hall–Kier alpha value is -2.30. The summed E-state index contributed by atoms with van der Waals surface area (Å²) in [6, 6.07) is 8.23. The van der Waals surface area contributed by atoms with E-state index in [0.717, 1.165) is 11.4 Å². The summed E-state index contributed by atoms with van der Waals surface area (Å²) in [4.78, 5) is 13.8. The van der Waals surface area contributed by atoms with Gasteiger partial charge in [-0.2, -0.15) is 5.10 Å². The molecule has 1 amide bonds. The van der Waals surface area contributed by atoms with E-state index in [9.17, 15) is 9.90 Å². The maximum absolute atomic E-state index is 12.3. The molecule has 0 aliphatic heterocycles. The largest absolute Gasteiger partial charge is 0.508 e. The number of aromatic nitrogens is 2. The van der Waals surface area contributed by atoms with E-state index in [1.54, 1.807) is 49.1 Å². The van der Waals surface area contributed by atoms with Crippen molar-refractivity contribution >= 4 is 11.6 Å². The van der Waals surface area contributed by atoms with Crippen LogP contribution < -0.4 is 4.90 Å². The molecule has 0 atom stereocenters. The van der Waals surface area contributed by atoms with E-state index in [1.165, 1.54) is 4.90 Å². The number of rotatable bonds is 2. The van der Waals surface area contributed by atoms with Crippen LogP contribution in [0.15, 0.2) is 30.3 Å². The smallest absolute Gasteiger partial charge is 0.276 e. The molecule has 0 unspecified atom stereocenters.